The molecule has 2 aliphatic rings. The third-order valence-electron chi connectivity index (χ3n) is 6.30. The molecule has 0 spiro atoms. The minimum atomic E-state index is 0.0530. The number of hydrogen-bond donors (Lipinski definition) is 0. The van der Waals surface area contributed by atoms with Crippen LogP contribution < -0.4 is 0 Å². The summed E-state index contributed by atoms with van der Waals surface area (Å²) in [5.74, 6) is 1.95. The molecular weight excluding hydrogens is 254 g/mol. The van der Waals surface area contributed by atoms with Gasteiger partial charge in [-0.2, -0.15) is 5.26 Å². The predicted octanol–water partition coefficient (Wildman–Crippen LogP) is 6.63. The highest BCUT2D eigenvalue weighted by molar-refractivity contribution is 5.02. The van der Waals surface area contributed by atoms with Crippen LogP contribution in [0.1, 0.15) is 103 Å². The van der Waals surface area contributed by atoms with Crippen LogP contribution in [0.2, 0.25) is 0 Å². The zero-order valence-corrected chi connectivity index (χ0v) is 14.2. The number of rotatable bonds is 7. The molecular formula is C20H35N. The van der Waals surface area contributed by atoms with Gasteiger partial charge in [0.1, 0.15) is 0 Å². The van der Waals surface area contributed by atoms with E-state index in [-0.39, 0.29) is 5.41 Å². The minimum Gasteiger partial charge on any atom is -0.198 e. The van der Waals surface area contributed by atoms with Crippen molar-refractivity contribution in [2.75, 3.05) is 0 Å². The summed E-state index contributed by atoms with van der Waals surface area (Å²) in [5, 5.41) is 9.69. The largest absolute Gasteiger partial charge is 0.198 e. The Bertz CT molecular complexity index is 313. The minimum absolute atomic E-state index is 0.0530. The molecule has 0 N–H and O–H groups in total. The van der Waals surface area contributed by atoms with Gasteiger partial charge in [0.25, 0.3) is 0 Å². The van der Waals surface area contributed by atoms with Gasteiger partial charge in [0.15, 0.2) is 0 Å². The lowest BCUT2D eigenvalue weighted by Crippen LogP contribution is -2.30. The average Bonchev–Trinajstić information content (AvgIpc) is 2.56. The molecule has 2 rings (SSSR count). The second kappa shape index (κ2) is 8.82. The molecule has 0 aliphatic heterocycles. The normalized spacial score (nSPS) is 31.0. The summed E-state index contributed by atoms with van der Waals surface area (Å²) in [7, 11) is 0. The number of hydrogen-bond acceptors (Lipinski definition) is 1. The Balaban J connectivity index is 1.72. The SMILES string of the molecule is CCCCCCCC1(C#N)CCC(C2CCCCC2)CC1. The van der Waals surface area contributed by atoms with E-state index in [0.29, 0.717) is 0 Å². The predicted molar refractivity (Wildman–Crippen MR) is 90.0 cm³/mol. The first-order chi connectivity index (χ1) is 10.3. The van der Waals surface area contributed by atoms with Gasteiger partial charge in [-0.25, -0.2) is 0 Å². The molecule has 0 unspecified atom stereocenters. The Labute approximate surface area is 132 Å². The van der Waals surface area contributed by atoms with Crippen LogP contribution in [0.4, 0.5) is 0 Å². The number of nitrogens with zero attached hydrogens (tertiary/aromatic N) is 1. The topological polar surface area (TPSA) is 23.8 Å². The standard InChI is InChI=1S/C20H35N/c1-2-3-4-5-9-14-20(17-21)15-12-19(13-16-20)18-10-7-6-8-11-18/h18-19H,2-16H2,1H3. The molecule has 0 aromatic heterocycles. The van der Waals surface area contributed by atoms with Crippen LogP contribution in [0.15, 0.2) is 0 Å². The number of unbranched alkanes of at least 4 members (excludes halogenated alkanes) is 4. The monoisotopic (exact) mass is 289 g/mol. The molecule has 0 aromatic carbocycles. The molecule has 0 aromatic rings. The first-order valence-electron chi connectivity index (χ1n) is 9.71. The van der Waals surface area contributed by atoms with Gasteiger partial charge in [0.05, 0.1) is 11.5 Å². The zero-order chi connectivity index (χ0) is 15.0. The van der Waals surface area contributed by atoms with Gasteiger partial charge in [-0.3, -0.25) is 0 Å². The lowest BCUT2D eigenvalue weighted by molar-refractivity contribution is 0.129. The van der Waals surface area contributed by atoms with E-state index in [9.17, 15) is 5.26 Å². The van der Waals surface area contributed by atoms with Crippen molar-refractivity contribution in [2.45, 2.75) is 103 Å². The van der Waals surface area contributed by atoms with E-state index in [4.69, 9.17) is 0 Å². The van der Waals surface area contributed by atoms with Crippen LogP contribution in [0.25, 0.3) is 0 Å². The van der Waals surface area contributed by atoms with Gasteiger partial charge in [-0.15, -0.1) is 0 Å². The molecule has 2 saturated carbocycles. The highest BCUT2D eigenvalue weighted by Gasteiger charge is 2.37. The van der Waals surface area contributed by atoms with Gasteiger partial charge >= 0.3 is 0 Å². The summed E-state index contributed by atoms with van der Waals surface area (Å²) in [5.41, 5.74) is 0.0530. The van der Waals surface area contributed by atoms with E-state index in [1.165, 1.54) is 96.3 Å². The third kappa shape index (κ3) is 5.01. The zero-order valence-electron chi connectivity index (χ0n) is 14.2. The molecule has 1 nitrogen and oxygen atoms in total. The molecule has 0 atom stereocenters. The van der Waals surface area contributed by atoms with Gasteiger partial charge in [-0.1, -0.05) is 71.1 Å². The second-order valence-corrected chi connectivity index (χ2v) is 7.79. The van der Waals surface area contributed by atoms with Crippen molar-refractivity contribution in [3.05, 3.63) is 0 Å². The van der Waals surface area contributed by atoms with Crippen LogP contribution in [0, 0.1) is 28.6 Å². The van der Waals surface area contributed by atoms with Crippen LogP contribution in [-0.2, 0) is 0 Å². The van der Waals surface area contributed by atoms with E-state index < -0.39 is 0 Å². The van der Waals surface area contributed by atoms with E-state index in [2.05, 4.69) is 13.0 Å². The van der Waals surface area contributed by atoms with Crippen LogP contribution in [0.5, 0.6) is 0 Å². The molecule has 2 aliphatic carbocycles. The summed E-state index contributed by atoms with van der Waals surface area (Å²) in [6.07, 6.45) is 20.2. The molecule has 0 heterocycles. The molecule has 2 fully saturated rings. The summed E-state index contributed by atoms with van der Waals surface area (Å²) in [4.78, 5) is 0. The average molecular weight is 290 g/mol. The molecule has 1 heteroatoms. The smallest absolute Gasteiger partial charge is 0.0689 e. The Morgan fingerprint density at radius 3 is 2.10 bits per heavy atom. The van der Waals surface area contributed by atoms with E-state index in [0.717, 1.165) is 11.8 Å². The van der Waals surface area contributed by atoms with Crippen molar-refractivity contribution in [1.29, 1.82) is 5.26 Å². The van der Waals surface area contributed by atoms with Crippen LogP contribution >= 0.6 is 0 Å². The molecule has 0 bridgehead atoms. The van der Waals surface area contributed by atoms with Crippen LogP contribution in [-0.4, -0.2) is 0 Å². The van der Waals surface area contributed by atoms with E-state index in [1.807, 2.05) is 0 Å². The number of nitriles is 1. The van der Waals surface area contributed by atoms with E-state index in [1.54, 1.807) is 0 Å². The fourth-order valence-corrected chi connectivity index (χ4v) is 4.75. The fraction of sp³-hybridized carbons (Fsp3) is 0.950. The van der Waals surface area contributed by atoms with Gasteiger partial charge in [-0.05, 0) is 43.9 Å². The molecule has 0 radical (unpaired) electrons. The summed E-state index contributed by atoms with van der Waals surface area (Å²) < 4.78 is 0. The molecule has 0 amide bonds. The van der Waals surface area contributed by atoms with Crippen molar-refractivity contribution in [3.63, 3.8) is 0 Å². The van der Waals surface area contributed by atoms with Crippen molar-refractivity contribution >= 4 is 0 Å². The summed E-state index contributed by atoms with van der Waals surface area (Å²) in [6, 6.07) is 2.73. The third-order valence-corrected chi connectivity index (χ3v) is 6.30. The maximum atomic E-state index is 9.69. The maximum absolute atomic E-state index is 9.69. The Kier molecular flexibility index (Phi) is 7.08. The summed E-state index contributed by atoms with van der Waals surface area (Å²) >= 11 is 0. The highest BCUT2D eigenvalue weighted by atomic mass is 14.4. The van der Waals surface area contributed by atoms with Crippen LogP contribution in [0.3, 0.4) is 0 Å². The molecule has 21 heavy (non-hydrogen) atoms. The lowest BCUT2D eigenvalue weighted by Gasteiger charge is -2.39. The summed E-state index contributed by atoms with van der Waals surface area (Å²) in [6.45, 7) is 2.27. The lowest BCUT2D eigenvalue weighted by atomic mass is 9.64. The highest BCUT2D eigenvalue weighted by Crippen LogP contribution is 2.46. The quantitative estimate of drug-likeness (QED) is 0.483. The first-order valence-corrected chi connectivity index (χ1v) is 9.71. The Morgan fingerprint density at radius 1 is 0.857 bits per heavy atom. The molecule has 0 saturated heterocycles. The Morgan fingerprint density at radius 2 is 1.48 bits per heavy atom. The van der Waals surface area contributed by atoms with Gasteiger partial charge in [0, 0.05) is 0 Å². The first kappa shape index (κ1) is 16.9. The van der Waals surface area contributed by atoms with Crippen molar-refractivity contribution in [1.82, 2.24) is 0 Å². The Hall–Kier alpha value is -0.510. The van der Waals surface area contributed by atoms with E-state index >= 15 is 0 Å². The van der Waals surface area contributed by atoms with Crippen molar-refractivity contribution < 1.29 is 0 Å². The van der Waals surface area contributed by atoms with Crippen molar-refractivity contribution in [3.8, 4) is 6.07 Å². The maximum Gasteiger partial charge on any atom is 0.0689 e. The molecule has 120 valence electrons. The fourth-order valence-electron chi connectivity index (χ4n) is 4.75. The second-order valence-electron chi connectivity index (χ2n) is 7.79. The van der Waals surface area contributed by atoms with Gasteiger partial charge in [0.2, 0.25) is 0 Å². The van der Waals surface area contributed by atoms with Gasteiger partial charge < -0.3 is 0 Å². The van der Waals surface area contributed by atoms with Crippen molar-refractivity contribution in [2.24, 2.45) is 17.3 Å².